The van der Waals surface area contributed by atoms with E-state index >= 15 is 0 Å². The molecule has 0 bridgehead atoms. The summed E-state index contributed by atoms with van der Waals surface area (Å²) in [5, 5.41) is 18.1. The summed E-state index contributed by atoms with van der Waals surface area (Å²) in [5.74, 6) is -1.66. The molecular weight excluding hydrogens is 475 g/mol. The van der Waals surface area contributed by atoms with Crippen molar-refractivity contribution in [2.24, 2.45) is 0 Å². The quantitative estimate of drug-likeness (QED) is 0.301. The third-order valence-electron chi connectivity index (χ3n) is 6.22. The van der Waals surface area contributed by atoms with E-state index in [-0.39, 0.29) is 16.8 Å². The van der Waals surface area contributed by atoms with Gasteiger partial charge >= 0.3 is 5.91 Å². The largest absolute Gasteiger partial charge is 0.858 e. The Balaban J connectivity index is 1.73. The van der Waals surface area contributed by atoms with Crippen molar-refractivity contribution < 1.29 is 28.4 Å². The Morgan fingerprint density at radius 1 is 0.946 bits per heavy atom. The van der Waals surface area contributed by atoms with Crippen LogP contribution in [0.2, 0.25) is 0 Å². The SMILES string of the molecule is CCc1nn(-c2ccc(F)cc2)c([O-])c1C1=C([n+]2ccc(C)cc2)C(=O)N(c2ccc(OC)cc2)C1=O. The van der Waals surface area contributed by atoms with Gasteiger partial charge < -0.3 is 9.84 Å². The fourth-order valence-electron chi connectivity index (χ4n) is 4.30. The lowest BCUT2D eigenvalue weighted by Gasteiger charge is -2.16. The molecule has 0 spiro atoms. The van der Waals surface area contributed by atoms with Gasteiger partial charge in [-0.3, -0.25) is 9.59 Å². The Kier molecular flexibility index (Phi) is 6.04. The molecule has 2 aromatic heterocycles. The Bertz CT molecular complexity index is 1540. The van der Waals surface area contributed by atoms with Crippen molar-refractivity contribution >= 4 is 28.8 Å². The summed E-state index contributed by atoms with van der Waals surface area (Å²) >= 11 is 0. The van der Waals surface area contributed by atoms with Gasteiger partial charge in [0.15, 0.2) is 12.4 Å². The first-order chi connectivity index (χ1) is 17.8. The van der Waals surface area contributed by atoms with E-state index in [4.69, 9.17) is 4.74 Å². The number of nitrogens with zero attached hydrogens (tertiary/aromatic N) is 4. The van der Waals surface area contributed by atoms with Crippen LogP contribution in [-0.4, -0.2) is 28.7 Å². The molecule has 3 heterocycles. The van der Waals surface area contributed by atoms with Crippen molar-refractivity contribution in [1.82, 2.24) is 9.78 Å². The number of halogens is 1. The zero-order valence-corrected chi connectivity index (χ0v) is 20.4. The van der Waals surface area contributed by atoms with Gasteiger partial charge in [0, 0.05) is 17.7 Å². The number of rotatable bonds is 6. The van der Waals surface area contributed by atoms with Crippen LogP contribution in [0.5, 0.6) is 11.6 Å². The van der Waals surface area contributed by atoms with Gasteiger partial charge in [-0.25, -0.2) is 14.0 Å². The highest BCUT2D eigenvalue weighted by Crippen LogP contribution is 2.39. The molecule has 37 heavy (non-hydrogen) atoms. The lowest BCUT2D eigenvalue weighted by Crippen LogP contribution is -2.39. The Morgan fingerprint density at radius 2 is 1.57 bits per heavy atom. The summed E-state index contributed by atoms with van der Waals surface area (Å²) < 4.78 is 21.4. The van der Waals surface area contributed by atoms with Crippen molar-refractivity contribution in [3.63, 3.8) is 0 Å². The second-order valence-corrected chi connectivity index (χ2v) is 8.52. The number of anilines is 1. The van der Waals surface area contributed by atoms with Crippen LogP contribution in [0.25, 0.3) is 17.0 Å². The molecule has 0 atom stereocenters. The van der Waals surface area contributed by atoms with Crippen LogP contribution in [0.1, 0.15) is 23.7 Å². The summed E-state index contributed by atoms with van der Waals surface area (Å²) in [6, 6.07) is 15.4. The molecule has 4 aromatic rings. The number of carbonyl (C=O) groups excluding carboxylic acids is 2. The summed E-state index contributed by atoms with van der Waals surface area (Å²) in [4.78, 5) is 28.7. The van der Waals surface area contributed by atoms with E-state index < -0.39 is 23.5 Å². The molecule has 1 aliphatic heterocycles. The van der Waals surface area contributed by atoms with Crippen LogP contribution in [0.4, 0.5) is 10.1 Å². The Hall–Kier alpha value is -4.79. The van der Waals surface area contributed by atoms with E-state index in [0.717, 1.165) is 15.1 Å². The Morgan fingerprint density at radius 3 is 2.16 bits per heavy atom. The minimum absolute atomic E-state index is 0.0371. The van der Waals surface area contributed by atoms with Gasteiger partial charge in [-0.2, -0.15) is 9.67 Å². The average Bonchev–Trinajstić information content (AvgIpc) is 3.37. The van der Waals surface area contributed by atoms with Gasteiger partial charge in [0.05, 0.1) is 24.2 Å². The number of aryl methyl sites for hydroxylation is 2. The standard InChI is InChI=1S/C28H23FN4O4/c1-4-22-23(27(35)33(30-22)20-7-5-18(29)6-8-20)24-25(31-15-13-17(2)14-16-31)28(36)32(26(24)34)19-9-11-21(37-3)12-10-19/h5-16H,4H2,1-3H3. The second kappa shape index (κ2) is 9.34. The Labute approximate surface area is 212 Å². The van der Waals surface area contributed by atoms with Crippen molar-refractivity contribution in [3.05, 3.63) is 95.7 Å². The lowest BCUT2D eigenvalue weighted by molar-refractivity contribution is -0.576. The fourth-order valence-corrected chi connectivity index (χ4v) is 4.30. The maximum Gasteiger partial charge on any atom is 0.331 e. The number of hydrogen-bond acceptors (Lipinski definition) is 5. The van der Waals surface area contributed by atoms with Gasteiger partial charge in [0.1, 0.15) is 17.1 Å². The number of aromatic nitrogens is 3. The molecule has 9 heteroatoms. The summed E-state index contributed by atoms with van der Waals surface area (Å²) in [6.07, 6.45) is 3.68. The summed E-state index contributed by atoms with van der Waals surface area (Å²) in [5.41, 5.74) is 2.06. The van der Waals surface area contributed by atoms with Crippen LogP contribution < -0.4 is 19.3 Å². The molecule has 1 aliphatic rings. The molecule has 0 saturated heterocycles. The lowest BCUT2D eigenvalue weighted by atomic mass is 10.0. The number of pyridine rings is 1. The van der Waals surface area contributed by atoms with E-state index in [1.54, 1.807) is 53.4 Å². The molecule has 0 saturated carbocycles. The normalized spacial score (nSPS) is 13.6. The summed E-state index contributed by atoms with van der Waals surface area (Å²) in [6.45, 7) is 3.71. The van der Waals surface area contributed by atoms with Gasteiger partial charge in [0.25, 0.3) is 11.6 Å². The predicted molar refractivity (Wildman–Crippen MR) is 132 cm³/mol. The number of hydrogen-bond donors (Lipinski definition) is 0. The fraction of sp³-hybridized carbons (Fsp3) is 0.143. The average molecular weight is 499 g/mol. The van der Waals surface area contributed by atoms with Gasteiger partial charge in [-0.15, -0.1) is 0 Å². The number of benzene rings is 2. The monoisotopic (exact) mass is 498 g/mol. The maximum absolute atomic E-state index is 13.9. The number of carbonyl (C=O) groups is 2. The van der Waals surface area contributed by atoms with Crippen LogP contribution in [-0.2, 0) is 16.0 Å². The topological polar surface area (TPSA) is 91.4 Å². The van der Waals surface area contributed by atoms with Crippen molar-refractivity contribution in [3.8, 4) is 17.3 Å². The highest BCUT2D eigenvalue weighted by atomic mass is 19.1. The maximum atomic E-state index is 13.9. The number of ether oxygens (including phenoxy) is 1. The third kappa shape index (κ3) is 4.04. The predicted octanol–water partition coefficient (Wildman–Crippen LogP) is 3.19. The smallest absolute Gasteiger partial charge is 0.331 e. The molecule has 0 N–H and O–H groups in total. The first-order valence-corrected chi connectivity index (χ1v) is 11.6. The van der Waals surface area contributed by atoms with E-state index in [2.05, 4.69) is 5.10 Å². The zero-order chi connectivity index (χ0) is 26.3. The number of methoxy groups -OCH3 is 1. The van der Waals surface area contributed by atoms with Crippen molar-refractivity contribution in [2.75, 3.05) is 12.0 Å². The van der Waals surface area contributed by atoms with E-state index in [1.165, 1.54) is 31.4 Å². The minimum Gasteiger partial charge on any atom is -0.858 e. The highest BCUT2D eigenvalue weighted by molar-refractivity contribution is 6.53. The molecule has 0 unspecified atom stereocenters. The second-order valence-electron chi connectivity index (χ2n) is 8.52. The van der Waals surface area contributed by atoms with Gasteiger partial charge in [-0.05, 0) is 73.3 Å². The van der Waals surface area contributed by atoms with Crippen LogP contribution in [0.15, 0.2) is 73.1 Å². The van der Waals surface area contributed by atoms with Crippen LogP contribution in [0, 0.1) is 12.7 Å². The van der Waals surface area contributed by atoms with Gasteiger partial charge in [0.2, 0.25) is 0 Å². The molecule has 2 amide bonds. The van der Waals surface area contributed by atoms with Crippen molar-refractivity contribution in [2.45, 2.75) is 20.3 Å². The van der Waals surface area contributed by atoms with E-state index in [1.807, 2.05) is 13.8 Å². The zero-order valence-electron chi connectivity index (χ0n) is 20.4. The third-order valence-corrected chi connectivity index (χ3v) is 6.22. The molecule has 0 fully saturated rings. The molecule has 0 aliphatic carbocycles. The van der Waals surface area contributed by atoms with E-state index in [9.17, 15) is 19.1 Å². The van der Waals surface area contributed by atoms with Crippen LogP contribution in [0.3, 0.4) is 0 Å². The molecule has 186 valence electrons. The number of amides is 2. The minimum atomic E-state index is -0.635. The molecule has 8 nitrogen and oxygen atoms in total. The first kappa shape index (κ1) is 23.9. The molecule has 0 radical (unpaired) electrons. The highest BCUT2D eigenvalue weighted by Gasteiger charge is 2.47. The molecular formula is C28H23FN4O4. The summed E-state index contributed by atoms with van der Waals surface area (Å²) in [7, 11) is 1.52. The molecule has 5 rings (SSSR count). The van der Waals surface area contributed by atoms with Crippen molar-refractivity contribution in [1.29, 1.82) is 0 Å². The number of imide groups is 1. The molecule has 2 aromatic carbocycles. The first-order valence-electron chi connectivity index (χ1n) is 11.6. The van der Waals surface area contributed by atoms with Crippen LogP contribution >= 0.6 is 0 Å². The van der Waals surface area contributed by atoms with E-state index in [0.29, 0.717) is 29.2 Å². The van der Waals surface area contributed by atoms with Gasteiger partial charge in [-0.1, -0.05) is 6.92 Å².